The van der Waals surface area contributed by atoms with Gasteiger partial charge >= 0.3 is 0 Å². The SMILES string of the molecule is C=CCN1C(N)=NCC1(C)c1ccc(OCC)cc1. The lowest BCUT2D eigenvalue weighted by atomic mass is 9.91. The maximum absolute atomic E-state index is 5.96. The van der Waals surface area contributed by atoms with Crippen LogP contribution in [0.15, 0.2) is 41.9 Å². The van der Waals surface area contributed by atoms with Crippen molar-refractivity contribution in [2.75, 3.05) is 19.7 Å². The molecule has 1 aromatic rings. The van der Waals surface area contributed by atoms with E-state index in [1.165, 1.54) is 5.56 Å². The maximum Gasteiger partial charge on any atom is 0.192 e. The molecule has 1 heterocycles. The van der Waals surface area contributed by atoms with Crippen LogP contribution < -0.4 is 10.5 Å². The fraction of sp³-hybridized carbons (Fsp3) is 0.400. The highest BCUT2D eigenvalue weighted by atomic mass is 16.5. The lowest BCUT2D eigenvalue weighted by Gasteiger charge is -2.36. The van der Waals surface area contributed by atoms with E-state index < -0.39 is 0 Å². The minimum Gasteiger partial charge on any atom is -0.494 e. The van der Waals surface area contributed by atoms with Crippen molar-refractivity contribution in [2.24, 2.45) is 10.7 Å². The van der Waals surface area contributed by atoms with Crippen molar-refractivity contribution in [3.8, 4) is 5.75 Å². The van der Waals surface area contributed by atoms with Crippen LogP contribution in [0.2, 0.25) is 0 Å². The summed E-state index contributed by atoms with van der Waals surface area (Å²) in [5.41, 5.74) is 6.94. The summed E-state index contributed by atoms with van der Waals surface area (Å²) < 4.78 is 5.47. The van der Waals surface area contributed by atoms with Gasteiger partial charge in [0, 0.05) is 6.54 Å². The summed E-state index contributed by atoms with van der Waals surface area (Å²) in [5.74, 6) is 1.47. The fourth-order valence-electron chi connectivity index (χ4n) is 2.41. The van der Waals surface area contributed by atoms with Gasteiger partial charge in [-0.15, -0.1) is 6.58 Å². The number of rotatable bonds is 5. The van der Waals surface area contributed by atoms with E-state index in [1.54, 1.807) is 0 Å². The predicted molar refractivity (Wildman–Crippen MR) is 78.4 cm³/mol. The Balaban J connectivity index is 2.26. The molecule has 19 heavy (non-hydrogen) atoms. The number of aliphatic imine (C=N–C) groups is 1. The van der Waals surface area contributed by atoms with Crippen LogP contribution >= 0.6 is 0 Å². The Morgan fingerprint density at radius 3 is 2.74 bits per heavy atom. The zero-order valence-corrected chi connectivity index (χ0v) is 11.6. The van der Waals surface area contributed by atoms with Crippen molar-refractivity contribution in [1.82, 2.24) is 4.90 Å². The molecule has 0 bridgehead atoms. The lowest BCUT2D eigenvalue weighted by Crippen LogP contribution is -2.47. The number of guanidine groups is 1. The molecule has 0 fully saturated rings. The summed E-state index contributed by atoms with van der Waals surface area (Å²) in [7, 11) is 0. The molecule has 4 heteroatoms. The number of nitrogens with two attached hydrogens (primary N) is 1. The molecule has 1 aliphatic heterocycles. The third-order valence-electron chi connectivity index (χ3n) is 3.52. The molecule has 2 rings (SSSR count). The Kier molecular flexibility index (Phi) is 3.79. The van der Waals surface area contributed by atoms with E-state index in [0.717, 1.165) is 5.75 Å². The smallest absolute Gasteiger partial charge is 0.192 e. The normalized spacial score (nSPS) is 22.2. The summed E-state index contributed by atoms with van der Waals surface area (Å²) in [6, 6.07) is 8.14. The van der Waals surface area contributed by atoms with E-state index in [9.17, 15) is 0 Å². The van der Waals surface area contributed by atoms with Crippen LogP contribution in [0.5, 0.6) is 5.75 Å². The topological polar surface area (TPSA) is 50.8 Å². The highest BCUT2D eigenvalue weighted by Crippen LogP contribution is 2.33. The Hall–Kier alpha value is -1.97. The van der Waals surface area contributed by atoms with Crippen molar-refractivity contribution < 1.29 is 4.74 Å². The van der Waals surface area contributed by atoms with Gasteiger partial charge in [0.15, 0.2) is 5.96 Å². The summed E-state index contributed by atoms with van der Waals surface area (Å²) in [5, 5.41) is 0. The third-order valence-corrected chi connectivity index (χ3v) is 3.52. The molecule has 102 valence electrons. The van der Waals surface area contributed by atoms with Gasteiger partial charge in [-0.1, -0.05) is 18.2 Å². The van der Waals surface area contributed by atoms with Crippen molar-refractivity contribution in [2.45, 2.75) is 19.4 Å². The number of hydrogen-bond donors (Lipinski definition) is 1. The molecule has 0 aliphatic carbocycles. The minimum atomic E-state index is -0.205. The fourth-order valence-corrected chi connectivity index (χ4v) is 2.41. The summed E-state index contributed by atoms with van der Waals surface area (Å²) in [6.07, 6.45) is 1.85. The second-order valence-corrected chi connectivity index (χ2v) is 4.80. The van der Waals surface area contributed by atoms with Gasteiger partial charge in [-0.25, -0.2) is 0 Å². The minimum absolute atomic E-state index is 0.205. The third kappa shape index (κ3) is 2.43. The Morgan fingerprint density at radius 1 is 1.47 bits per heavy atom. The molecule has 1 aliphatic rings. The zero-order valence-electron chi connectivity index (χ0n) is 11.6. The lowest BCUT2D eigenvalue weighted by molar-refractivity contribution is 0.244. The molecule has 0 saturated carbocycles. The highest BCUT2D eigenvalue weighted by Gasteiger charge is 2.38. The van der Waals surface area contributed by atoms with E-state index >= 15 is 0 Å². The molecule has 4 nitrogen and oxygen atoms in total. The Morgan fingerprint density at radius 2 is 2.16 bits per heavy atom. The summed E-state index contributed by atoms with van der Waals surface area (Å²) in [4.78, 5) is 6.44. The van der Waals surface area contributed by atoms with Crippen molar-refractivity contribution in [1.29, 1.82) is 0 Å². The van der Waals surface area contributed by atoms with Crippen molar-refractivity contribution in [3.63, 3.8) is 0 Å². The first-order valence-corrected chi connectivity index (χ1v) is 6.53. The van der Waals surface area contributed by atoms with Gasteiger partial charge in [0.25, 0.3) is 0 Å². The van der Waals surface area contributed by atoms with Gasteiger partial charge in [-0.3, -0.25) is 4.99 Å². The van der Waals surface area contributed by atoms with Crippen LogP contribution in [-0.4, -0.2) is 30.6 Å². The number of hydrogen-bond acceptors (Lipinski definition) is 4. The van der Waals surface area contributed by atoms with Crippen LogP contribution in [0.1, 0.15) is 19.4 Å². The number of nitrogens with zero attached hydrogens (tertiary/aromatic N) is 2. The predicted octanol–water partition coefficient (Wildman–Crippen LogP) is 2.12. The van der Waals surface area contributed by atoms with Gasteiger partial charge in [0.2, 0.25) is 0 Å². The van der Waals surface area contributed by atoms with Crippen LogP contribution in [0, 0.1) is 0 Å². The maximum atomic E-state index is 5.96. The summed E-state index contributed by atoms with van der Waals surface area (Å²) in [6.45, 7) is 9.95. The van der Waals surface area contributed by atoms with E-state index in [4.69, 9.17) is 10.5 Å². The molecular formula is C15H21N3O. The molecule has 1 unspecified atom stereocenters. The second-order valence-electron chi connectivity index (χ2n) is 4.80. The molecular weight excluding hydrogens is 238 g/mol. The molecule has 0 radical (unpaired) electrons. The number of benzene rings is 1. The standard InChI is InChI=1S/C15H21N3O/c1-4-10-18-14(16)17-11-15(18,3)12-6-8-13(9-7-12)19-5-2/h4,6-9H,1,5,10-11H2,2-3H3,(H2,16,17). The van der Waals surface area contributed by atoms with E-state index in [0.29, 0.717) is 25.7 Å². The molecule has 1 atom stereocenters. The molecule has 1 aromatic carbocycles. The molecule has 0 saturated heterocycles. The van der Waals surface area contributed by atoms with Crippen LogP contribution in [0.25, 0.3) is 0 Å². The molecule has 2 N–H and O–H groups in total. The van der Waals surface area contributed by atoms with Crippen LogP contribution in [-0.2, 0) is 5.54 Å². The van der Waals surface area contributed by atoms with Crippen molar-refractivity contribution >= 4 is 5.96 Å². The first-order chi connectivity index (χ1) is 9.11. The van der Waals surface area contributed by atoms with E-state index in [2.05, 4.69) is 35.5 Å². The van der Waals surface area contributed by atoms with Crippen LogP contribution in [0.3, 0.4) is 0 Å². The average molecular weight is 259 g/mol. The van der Waals surface area contributed by atoms with Crippen molar-refractivity contribution in [3.05, 3.63) is 42.5 Å². The van der Waals surface area contributed by atoms with Gasteiger partial charge in [-0.05, 0) is 31.5 Å². The zero-order chi connectivity index (χ0) is 13.9. The van der Waals surface area contributed by atoms with Crippen LogP contribution in [0.4, 0.5) is 0 Å². The van der Waals surface area contributed by atoms with E-state index in [1.807, 2.05) is 25.1 Å². The largest absolute Gasteiger partial charge is 0.494 e. The Bertz CT molecular complexity index is 481. The first kappa shape index (κ1) is 13.5. The van der Waals surface area contributed by atoms with E-state index in [-0.39, 0.29) is 5.54 Å². The van der Waals surface area contributed by atoms with Gasteiger partial charge in [0.1, 0.15) is 5.75 Å². The summed E-state index contributed by atoms with van der Waals surface area (Å²) >= 11 is 0. The average Bonchev–Trinajstić information content (AvgIpc) is 2.70. The van der Waals surface area contributed by atoms with Gasteiger partial charge in [-0.2, -0.15) is 0 Å². The monoisotopic (exact) mass is 259 g/mol. The quantitative estimate of drug-likeness (QED) is 0.824. The number of ether oxygens (including phenoxy) is 1. The molecule has 0 amide bonds. The second kappa shape index (κ2) is 5.34. The molecule has 0 aromatic heterocycles. The van der Waals surface area contributed by atoms with Gasteiger partial charge < -0.3 is 15.4 Å². The highest BCUT2D eigenvalue weighted by molar-refractivity contribution is 5.81. The first-order valence-electron chi connectivity index (χ1n) is 6.53. The molecule has 0 spiro atoms. The Labute approximate surface area is 114 Å². The van der Waals surface area contributed by atoms with Gasteiger partial charge in [0.05, 0.1) is 18.7 Å².